The van der Waals surface area contributed by atoms with Gasteiger partial charge in [0, 0.05) is 11.8 Å². The van der Waals surface area contributed by atoms with E-state index in [2.05, 4.69) is 10.6 Å². The van der Waals surface area contributed by atoms with Gasteiger partial charge in [0.2, 0.25) is 5.91 Å². The van der Waals surface area contributed by atoms with Crippen molar-refractivity contribution in [3.05, 3.63) is 0 Å². The summed E-state index contributed by atoms with van der Waals surface area (Å²) in [7, 11) is 1.43. The van der Waals surface area contributed by atoms with E-state index in [9.17, 15) is 24.7 Å². The van der Waals surface area contributed by atoms with Gasteiger partial charge in [-0.3, -0.25) is 14.8 Å². The standard InChI is InChI=1S/C15H29N3O5S/c1-9(2)7-8-10(19)13(21)18(23)14(22)17-11(12(20)16-5)15(3,4)24-6/h9-11,19,23H,7-8H2,1-6H3,(H,16,20)(H,17,22)/t10-,11-/m0/s1. The molecule has 0 aliphatic rings. The van der Waals surface area contributed by atoms with Gasteiger partial charge in [0.1, 0.15) is 12.1 Å². The van der Waals surface area contributed by atoms with Crippen LogP contribution in [0.25, 0.3) is 0 Å². The average molecular weight is 363 g/mol. The molecule has 0 saturated heterocycles. The van der Waals surface area contributed by atoms with Crippen LogP contribution in [0.5, 0.6) is 0 Å². The molecule has 0 bridgehead atoms. The van der Waals surface area contributed by atoms with Crippen LogP contribution in [0.4, 0.5) is 4.79 Å². The molecule has 0 radical (unpaired) electrons. The number of urea groups is 1. The smallest absolute Gasteiger partial charge is 0.349 e. The maximum Gasteiger partial charge on any atom is 0.349 e. The molecule has 0 heterocycles. The molecule has 0 aromatic carbocycles. The SMILES string of the molecule is CNC(=O)[C@H](NC(=O)N(O)C(=O)[C@@H](O)CCC(C)C)C(C)(C)SC. The molecule has 140 valence electrons. The van der Waals surface area contributed by atoms with Gasteiger partial charge >= 0.3 is 6.03 Å². The highest BCUT2D eigenvalue weighted by molar-refractivity contribution is 8.00. The molecule has 24 heavy (non-hydrogen) atoms. The van der Waals surface area contributed by atoms with Crippen LogP contribution in [0.1, 0.15) is 40.5 Å². The summed E-state index contributed by atoms with van der Waals surface area (Å²) in [6, 6.07) is -2.13. The van der Waals surface area contributed by atoms with E-state index >= 15 is 0 Å². The Morgan fingerprint density at radius 2 is 1.75 bits per heavy atom. The number of likely N-dealkylation sites (N-methyl/N-ethyl adjacent to an activating group) is 1. The van der Waals surface area contributed by atoms with Crippen LogP contribution in [-0.2, 0) is 9.59 Å². The maximum absolute atomic E-state index is 12.1. The number of imide groups is 1. The summed E-state index contributed by atoms with van der Waals surface area (Å²) in [6.07, 6.45) is 1.01. The fraction of sp³-hybridized carbons (Fsp3) is 0.800. The number of thioether (sulfide) groups is 1. The van der Waals surface area contributed by atoms with E-state index in [-0.39, 0.29) is 17.4 Å². The Morgan fingerprint density at radius 1 is 1.21 bits per heavy atom. The van der Waals surface area contributed by atoms with Crippen LogP contribution in [0.15, 0.2) is 0 Å². The number of carbonyl (C=O) groups excluding carboxylic acids is 3. The minimum atomic E-state index is -1.48. The first-order valence-electron chi connectivity index (χ1n) is 7.76. The maximum atomic E-state index is 12.1. The van der Waals surface area contributed by atoms with Crippen LogP contribution in [0.3, 0.4) is 0 Å². The van der Waals surface area contributed by atoms with Crippen LogP contribution >= 0.6 is 11.8 Å². The quantitative estimate of drug-likeness (QED) is 0.377. The van der Waals surface area contributed by atoms with Crippen molar-refractivity contribution in [3.8, 4) is 0 Å². The lowest BCUT2D eigenvalue weighted by Gasteiger charge is -2.32. The molecule has 0 aromatic heterocycles. The van der Waals surface area contributed by atoms with E-state index in [0.717, 1.165) is 0 Å². The molecule has 0 saturated carbocycles. The predicted molar refractivity (Wildman–Crippen MR) is 92.7 cm³/mol. The lowest BCUT2D eigenvalue weighted by Crippen LogP contribution is -2.59. The van der Waals surface area contributed by atoms with Gasteiger partial charge in [-0.2, -0.15) is 11.8 Å². The van der Waals surface area contributed by atoms with E-state index in [4.69, 9.17) is 0 Å². The Kier molecular flexibility index (Phi) is 9.31. The Labute approximate surface area is 147 Å². The predicted octanol–water partition coefficient (Wildman–Crippen LogP) is 0.967. The van der Waals surface area contributed by atoms with Crippen molar-refractivity contribution in [3.63, 3.8) is 0 Å². The molecule has 0 spiro atoms. The second-order valence-corrected chi connectivity index (χ2v) is 7.90. The van der Waals surface area contributed by atoms with E-state index in [1.807, 2.05) is 13.8 Å². The van der Waals surface area contributed by atoms with Crippen LogP contribution in [-0.4, -0.2) is 63.4 Å². The third-order valence-corrected chi connectivity index (χ3v) is 4.99. The summed E-state index contributed by atoms with van der Waals surface area (Å²) >= 11 is 1.35. The molecule has 4 N–H and O–H groups in total. The number of hydrogen-bond acceptors (Lipinski definition) is 6. The number of rotatable bonds is 8. The first-order valence-corrected chi connectivity index (χ1v) is 8.98. The van der Waals surface area contributed by atoms with Crippen molar-refractivity contribution in [1.29, 1.82) is 0 Å². The molecule has 9 heteroatoms. The number of nitrogens with zero attached hydrogens (tertiary/aromatic N) is 1. The van der Waals surface area contributed by atoms with E-state index in [1.165, 1.54) is 18.8 Å². The van der Waals surface area contributed by atoms with Crippen molar-refractivity contribution in [2.24, 2.45) is 5.92 Å². The van der Waals surface area contributed by atoms with Gasteiger partial charge < -0.3 is 15.7 Å². The Bertz CT molecular complexity index is 456. The molecular weight excluding hydrogens is 334 g/mol. The molecule has 0 aliphatic carbocycles. The van der Waals surface area contributed by atoms with Gasteiger partial charge in [-0.25, -0.2) is 4.79 Å². The summed E-state index contributed by atoms with van der Waals surface area (Å²) in [5.74, 6) is -1.30. The first kappa shape index (κ1) is 22.7. The molecule has 0 unspecified atom stereocenters. The largest absolute Gasteiger partial charge is 0.383 e. The van der Waals surface area contributed by atoms with E-state index in [0.29, 0.717) is 6.42 Å². The lowest BCUT2D eigenvalue weighted by molar-refractivity contribution is -0.163. The van der Waals surface area contributed by atoms with Gasteiger partial charge in [0.15, 0.2) is 0 Å². The Hall–Kier alpha value is -1.32. The molecular formula is C15H29N3O5S. The van der Waals surface area contributed by atoms with Crippen LogP contribution in [0, 0.1) is 5.92 Å². The number of hydrogen-bond donors (Lipinski definition) is 4. The molecule has 0 aromatic rings. The third-order valence-electron chi connectivity index (χ3n) is 3.70. The van der Waals surface area contributed by atoms with Gasteiger partial charge in [-0.05, 0) is 38.9 Å². The summed E-state index contributed by atoms with van der Waals surface area (Å²) in [4.78, 5) is 35.9. The van der Waals surface area contributed by atoms with E-state index < -0.39 is 34.7 Å². The first-order chi connectivity index (χ1) is 11.0. The monoisotopic (exact) mass is 363 g/mol. The summed E-state index contributed by atoms with van der Waals surface area (Å²) in [6.45, 7) is 7.36. The van der Waals surface area contributed by atoms with Crippen LogP contribution in [0.2, 0.25) is 0 Å². The molecule has 8 nitrogen and oxygen atoms in total. The lowest BCUT2D eigenvalue weighted by atomic mass is 10.0. The highest BCUT2D eigenvalue weighted by Crippen LogP contribution is 2.26. The second kappa shape index (κ2) is 9.85. The third kappa shape index (κ3) is 6.66. The molecule has 0 fully saturated rings. The van der Waals surface area contributed by atoms with Gasteiger partial charge in [-0.1, -0.05) is 13.8 Å². The normalized spacial score (nSPS) is 14.0. The highest BCUT2D eigenvalue weighted by atomic mass is 32.2. The minimum absolute atomic E-state index is 0.135. The Balaban J connectivity index is 4.98. The second-order valence-electron chi connectivity index (χ2n) is 6.44. The molecule has 0 rings (SSSR count). The zero-order chi connectivity index (χ0) is 19.1. The topological polar surface area (TPSA) is 119 Å². The number of nitrogens with one attached hydrogen (secondary N) is 2. The fourth-order valence-electron chi connectivity index (χ4n) is 1.86. The van der Waals surface area contributed by atoms with E-state index in [1.54, 1.807) is 20.1 Å². The van der Waals surface area contributed by atoms with Crippen LogP contribution < -0.4 is 10.6 Å². The van der Waals surface area contributed by atoms with Gasteiger partial charge in [-0.15, -0.1) is 5.06 Å². The number of aliphatic hydroxyl groups excluding tert-OH is 1. The molecule has 4 amide bonds. The zero-order valence-corrected chi connectivity index (χ0v) is 15.9. The summed E-state index contributed by atoms with van der Waals surface area (Å²) in [5.41, 5.74) is 0. The van der Waals surface area contributed by atoms with Crippen molar-refractivity contribution in [2.45, 2.75) is 57.4 Å². The summed E-state index contributed by atoms with van der Waals surface area (Å²) < 4.78 is -0.671. The average Bonchev–Trinajstić information content (AvgIpc) is 2.54. The summed E-state index contributed by atoms with van der Waals surface area (Å²) in [5, 5.41) is 24.1. The van der Waals surface area contributed by atoms with Crippen molar-refractivity contribution >= 4 is 29.6 Å². The van der Waals surface area contributed by atoms with Crippen molar-refractivity contribution < 1.29 is 24.7 Å². The molecule has 0 aliphatic heterocycles. The number of carbonyl (C=O) groups is 3. The fourth-order valence-corrected chi connectivity index (χ4v) is 2.26. The zero-order valence-electron chi connectivity index (χ0n) is 15.1. The molecule has 2 atom stereocenters. The van der Waals surface area contributed by atoms with Crippen molar-refractivity contribution in [1.82, 2.24) is 15.7 Å². The number of hydroxylamine groups is 2. The Morgan fingerprint density at radius 3 is 2.17 bits per heavy atom. The highest BCUT2D eigenvalue weighted by Gasteiger charge is 2.37. The van der Waals surface area contributed by atoms with Gasteiger partial charge in [0.25, 0.3) is 5.91 Å². The minimum Gasteiger partial charge on any atom is -0.383 e. The van der Waals surface area contributed by atoms with Gasteiger partial charge in [0.05, 0.1) is 0 Å². The number of amides is 4. The number of aliphatic hydroxyl groups is 1. The van der Waals surface area contributed by atoms with Crippen molar-refractivity contribution in [2.75, 3.05) is 13.3 Å².